The SMILES string of the molecule is CCCc1cc(NN)nc(-c2sccc2C)n1. The molecule has 3 N–H and O–H groups in total. The van der Waals surface area contributed by atoms with Crippen LogP contribution in [0.3, 0.4) is 0 Å². The number of hydrazine groups is 1. The van der Waals surface area contributed by atoms with Crippen molar-refractivity contribution < 1.29 is 0 Å². The minimum atomic E-state index is 0.672. The first-order valence-corrected chi connectivity index (χ1v) is 6.51. The summed E-state index contributed by atoms with van der Waals surface area (Å²) in [6.45, 7) is 4.20. The fraction of sp³-hybridized carbons (Fsp3) is 0.333. The van der Waals surface area contributed by atoms with Gasteiger partial charge < -0.3 is 5.43 Å². The zero-order valence-corrected chi connectivity index (χ0v) is 10.8. The molecule has 0 aliphatic heterocycles. The van der Waals surface area contributed by atoms with Crippen LogP contribution < -0.4 is 11.3 Å². The number of nitrogens with zero attached hydrogens (tertiary/aromatic N) is 2. The monoisotopic (exact) mass is 248 g/mol. The number of nitrogens with one attached hydrogen (secondary N) is 1. The average Bonchev–Trinajstić information content (AvgIpc) is 2.75. The average molecular weight is 248 g/mol. The molecule has 2 aromatic heterocycles. The Morgan fingerprint density at radius 1 is 1.41 bits per heavy atom. The van der Waals surface area contributed by atoms with Gasteiger partial charge in [-0.05, 0) is 30.4 Å². The summed E-state index contributed by atoms with van der Waals surface area (Å²) in [4.78, 5) is 10.1. The third kappa shape index (κ3) is 2.62. The van der Waals surface area contributed by atoms with Crippen molar-refractivity contribution in [3.05, 3.63) is 28.8 Å². The van der Waals surface area contributed by atoms with Gasteiger partial charge in [0.25, 0.3) is 0 Å². The molecule has 0 aliphatic rings. The van der Waals surface area contributed by atoms with Gasteiger partial charge in [-0.25, -0.2) is 15.8 Å². The Labute approximate surface area is 105 Å². The first-order chi connectivity index (χ1) is 8.24. The van der Waals surface area contributed by atoms with Gasteiger partial charge in [-0.15, -0.1) is 11.3 Å². The van der Waals surface area contributed by atoms with Crippen molar-refractivity contribution in [3.8, 4) is 10.7 Å². The van der Waals surface area contributed by atoms with Gasteiger partial charge in [0.05, 0.1) is 4.88 Å². The van der Waals surface area contributed by atoms with Gasteiger partial charge in [-0.2, -0.15) is 0 Å². The topological polar surface area (TPSA) is 63.8 Å². The molecular formula is C12H16N4S. The lowest BCUT2D eigenvalue weighted by molar-refractivity contribution is 0.875. The van der Waals surface area contributed by atoms with E-state index >= 15 is 0 Å². The summed E-state index contributed by atoms with van der Waals surface area (Å²) in [5.41, 5.74) is 4.83. The molecule has 2 aromatic rings. The van der Waals surface area contributed by atoms with Crippen LogP contribution in [0.5, 0.6) is 0 Å². The Hall–Kier alpha value is -1.46. The maximum atomic E-state index is 5.44. The molecular weight excluding hydrogens is 232 g/mol. The van der Waals surface area contributed by atoms with Crippen LogP contribution in [0.4, 0.5) is 5.82 Å². The maximum absolute atomic E-state index is 5.44. The molecule has 0 unspecified atom stereocenters. The minimum Gasteiger partial charge on any atom is -0.308 e. The van der Waals surface area contributed by atoms with E-state index in [0.29, 0.717) is 5.82 Å². The van der Waals surface area contributed by atoms with Crippen LogP contribution in [0.1, 0.15) is 24.6 Å². The standard InChI is InChI=1S/C12H16N4S/c1-3-4-9-7-10(16-13)15-12(14-9)11-8(2)5-6-17-11/h5-7H,3-4,13H2,1-2H3,(H,14,15,16). The third-order valence-corrected chi connectivity index (χ3v) is 3.51. The highest BCUT2D eigenvalue weighted by atomic mass is 32.1. The fourth-order valence-corrected chi connectivity index (χ4v) is 2.52. The van der Waals surface area contributed by atoms with Crippen molar-refractivity contribution in [2.45, 2.75) is 26.7 Å². The fourth-order valence-electron chi connectivity index (χ4n) is 1.66. The van der Waals surface area contributed by atoms with Gasteiger partial charge in [0.15, 0.2) is 5.82 Å². The summed E-state index contributed by atoms with van der Waals surface area (Å²) in [7, 11) is 0. The minimum absolute atomic E-state index is 0.672. The number of rotatable bonds is 4. The highest BCUT2D eigenvalue weighted by molar-refractivity contribution is 7.13. The molecule has 5 heteroatoms. The molecule has 0 bridgehead atoms. The number of hydrogen-bond acceptors (Lipinski definition) is 5. The summed E-state index contributed by atoms with van der Waals surface area (Å²) in [5.74, 6) is 6.87. The van der Waals surface area contributed by atoms with Crippen LogP contribution in [0.2, 0.25) is 0 Å². The van der Waals surface area contributed by atoms with Crippen molar-refractivity contribution in [1.29, 1.82) is 0 Å². The van der Waals surface area contributed by atoms with E-state index in [0.717, 1.165) is 29.2 Å². The van der Waals surface area contributed by atoms with Crippen molar-refractivity contribution in [2.24, 2.45) is 5.84 Å². The van der Waals surface area contributed by atoms with Crippen molar-refractivity contribution in [1.82, 2.24) is 9.97 Å². The molecule has 0 saturated carbocycles. The van der Waals surface area contributed by atoms with Crippen molar-refractivity contribution >= 4 is 17.2 Å². The van der Waals surface area contributed by atoms with E-state index < -0.39 is 0 Å². The predicted octanol–water partition coefficient (Wildman–Crippen LogP) is 2.75. The molecule has 2 rings (SSSR count). The van der Waals surface area contributed by atoms with Gasteiger partial charge in [0.2, 0.25) is 0 Å². The molecule has 0 aliphatic carbocycles. The molecule has 0 fully saturated rings. The highest BCUT2D eigenvalue weighted by Crippen LogP contribution is 2.27. The Morgan fingerprint density at radius 3 is 2.82 bits per heavy atom. The van der Waals surface area contributed by atoms with Crippen LogP contribution in [0, 0.1) is 6.92 Å². The number of hydrogen-bond donors (Lipinski definition) is 2. The number of nitrogen functional groups attached to an aromatic ring is 1. The molecule has 0 radical (unpaired) electrons. The van der Waals surface area contributed by atoms with Crippen molar-refractivity contribution in [2.75, 3.05) is 5.43 Å². The Morgan fingerprint density at radius 2 is 2.24 bits per heavy atom. The third-order valence-electron chi connectivity index (χ3n) is 2.50. The predicted molar refractivity (Wildman–Crippen MR) is 71.9 cm³/mol. The molecule has 17 heavy (non-hydrogen) atoms. The lowest BCUT2D eigenvalue weighted by Crippen LogP contribution is -2.10. The lowest BCUT2D eigenvalue weighted by atomic mass is 10.2. The first-order valence-electron chi connectivity index (χ1n) is 5.63. The molecule has 0 saturated heterocycles. The van der Waals surface area contributed by atoms with E-state index in [1.807, 2.05) is 6.07 Å². The summed E-state index contributed by atoms with van der Waals surface area (Å²) >= 11 is 1.66. The van der Waals surface area contributed by atoms with E-state index in [4.69, 9.17) is 5.84 Å². The van der Waals surface area contributed by atoms with Crippen LogP contribution in [0.15, 0.2) is 17.5 Å². The van der Waals surface area contributed by atoms with Crippen LogP contribution >= 0.6 is 11.3 Å². The first kappa shape index (κ1) is 12.0. The van der Waals surface area contributed by atoms with Gasteiger partial charge in [-0.1, -0.05) is 13.3 Å². The number of aromatic nitrogens is 2. The summed E-state index contributed by atoms with van der Waals surface area (Å²) in [6, 6.07) is 3.97. The summed E-state index contributed by atoms with van der Waals surface area (Å²) in [5, 5.41) is 2.05. The van der Waals surface area contributed by atoms with E-state index in [9.17, 15) is 0 Å². The van der Waals surface area contributed by atoms with Crippen molar-refractivity contribution in [3.63, 3.8) is 0 Å². The van der Waals surface area contributed by atoms with Gasteiger partial charge in [-0.3, -0.25) is 0 Å². The van der Waals surface area contributed by atoms with Gasteiger partial charge >= 0.3 is 0 Å². The van der Waals surface area contributed by atoms with Crippen LogP contribution in [-0.4, -0.2) is 9.97 Å². The Kier molecular flexibility index (Phi) is 3.71. The molecule has 4 nitrogen and oxygen atoms in total. The normalized spacial score (nSPS) is 10.5. The smallest absolute Gasteiger partial charge is 0.172 e. The molecule has 0 aromatic carbocycles. The van der Waals surface area contributed by atoms with Crippen LogP contribution in [-0.2, 0) is 6.42 Å². The van der Waals surface area contributed by atoms with Gasteiger partial charge in [0, 0.05) is 11.8 Å². The maximum Gasteiger partial charge on any atom is 0.172 e. The van der Waals surface area contributed by atoms with E-state index in [2.05, 4.69) is 40.7 Å². The highest BCUT2D eigenvalue weighted by Gasteiger charge is 2.09. The zero-order valence-electron chi connectivity index (χ0n) is 10.0. The molecule has 0 spiro atoms. The second kappa shape index (κ2) is 5.25. The zero-order chi connectivity index (χ0) is 12.3. The van der Waals surface area contributed by atoms with Crippen LogP contribution in [0.25, 0.3) is 10.7 Å². The number of nitrogens with two attached hydrogens (primary N) is 1. The summed E-state index contributed by atoms with van der Waals surface area (Å²) < 4.78 is 0. The molecule has 90 valence electrons. The second-order valence-corrected chi connectivity index (χ2v) is 4.81. The molecule has 0 atom stereocenters. The Balaban J connectivity index is 2.46. The number of anilines is 1. The number of aryl methyl sites for hydroxylation is 2. The van der Waals surface area contributed by atoms with Gasteiger partial charge in [0.1, 0.15) is 5.82 Å². The summed E-state index contributed by atoms with van der Waals surface area (Å²) in [6.07, 6.45) is 2.00. The number of thiophene rings is 1. The Bertz CT molecular complexity index is 507. The quantitative estimate of drug-likeness (QED) is 0.645. The van der Waals surface area contributed by atoms with E-state index in [1.54, 1.807) is 11.3 Å². The second-order valence-electron chi connectivity index (χ2n) is 3.90. The molecule has 0 amide bonds. The largest absolute Gasteiger partial charge is 0.308 e. The van der Waals surface area contributed by atoms with E-state index in [-0.39, 0.29) is 0 Å². The van der Waals surface area contributed by atoms with E-state index in [1.165, 1.54) is 5.56 Å². The molecule has 2 heterocycles. The lowest BCUT2D eigenvalue weighted by Gasteiger charge is -2.06.